The quantitative estimate of drug-likeness (QED) is 0.810. The Morgan fingerprint density at radius 1 is 1.28 bits per heavy atom. The molecular weight excluding hydrogens is 242 g/mol. The van der Waals surface area contributed by atoms with E-state index in [0.29, 0.717) is 12.0 Å². The summed E-state index contributed by atoms with van der Waals surface area (Å²) in [5.74, 6) is 0.580. The van der Waals surface area contributed by atoms with Crippen molar-refractivity contribution in [3.8, 4) is 11.3 Å². The molecule has 1 fully saturated rings. The highest BCUT2D eigenvalue weighted by molar-refractivity contribution is 7.10. The van der Waals surface area contributed by atoms with Gasteiger partial charge >= 0.3 is 0 Å². The second kappa shape index (κ2) is 5.21. The summed E-state index contributed by atoms with van der Waals surface area (Å²) in [4.78, 5) is 4.80. The lowest BCUT2D eigenvalue weighted by atomic mass is 9.97. The number of nitrogens with zero attached hydrogens (tertiary/aromatic N) is 1. The van der Waals surface area contributed by atoms with Gasteiger partial charge in [0.05, 0.1) is 16.8 Å². The Morgan fingerprint density at radius 3 is 2.89 bits per heavy atom. The molecule has 0 bridgehead atoms. The average molecular weight is 259 g/mol. The Balaban J connectivity index is 1.81. The van der Waals surface area contributed by atoms with E-state index < -0.39 is 0 Å². The van der Waals surface area contributed by atoms with Gasteiger partial charge in [-0.15, -0.1) is 11.3 Å². The predicted octanol–water partition coefficient (Wildman–Crippen LogP) is 4.09. The third kappa shape index (κ3) is 2.47. The van der Waals surface area contributed by atoms with Gasteiger partial charge in [0.25, 0.3) is 0 Å². The van der Waals surface area contributed by atoms with Gasteiger partial charge in [-0.3, -0.25) is 0 Å². The highest BCUT2D eigenvalue weighted by Crippen LogP contribution is 2.33. The van der Waals surface area contributed by atoms with E-state index >= 15 is 0 Å². The van der Waals surface area contributed by atoms with Crippen molar-refractivity contribution < 1.29 is 4.74 Å². The molecule has 0 N–H and O–H groups in total. The fourth-order valence-electron chi connectivity index (χ4n) is 2.44. The zero-order chi connectivity index (χ0) is 12.4. The minimum atomic E-state index is 0.368. The number of hydrogen-bond donors (Lipinski definition) is 0. The second-order valence-electron chi connectivity index (χ2n) is 4.84. The van der Waals surface area contributed by atoms with Crippen LogP contribution in [0.2, 0.25) is 0 Å². The van der Waals surface area contributed by atoms with Crippen LogP contribution in [0.3, 0.4) is 0 Å². The van der Waals surface area contributed by atoms with E-state index in [1.54, 1.807) is 11.3 Å². The minimum Gasteiger partial charge on any atom is -0.378 e. The number of rotatable bonds is 2. The standard InChI is InChI=1S/C15H17NOS/c1-11-9-13(7-8-17-11)15-16-14(10-18-15)12-5-3-2-4-6-12/h2-6,10-11,13H,7-9H2,1H3. The van der Waals surface area contributed by atoms with Crippen molar-refractivity contribution in [2.24, 2.45) is 0 Å². The zero-order valence-electron chi connectivity index (χ0n) is 10.5. The summed E-state index contributed by atoms with van der Waals surface area (Å²) in [6.45, 7) is 3.02. The van der Waals surface area contributed by atoms with Crippen LogP contribution in [-0.4, -0.2) is 17.7 Å². The van der Waals surface area contributed by atoms with Crippen molar-refractivity contribution in [2.75, 3.05) is 6.61 Å². The molecule has 2 atom stereocenters. The Bertz CT molecular complexity index is 508. The molecule has 0 saturated carbocycles. The molecule has 0 aliphatic carbocycles. The van der Waals surface area contributed by atoms with Gasteiger partial charge in [0.2, 0.25) is 0 Å². The van der Waals surface area contributed by atoms with Crippen molar-refractivity contribution in [3.05, 3.63) is 40.7 Å². The highest BCUT2D eigenvalue weighted by Gasteiger charge is 2.23. The molecule has 0 spiro atoms. The summed E-state index contributed by atoms with van der Waals surface area (Å²) >= 11 is 1.79. The van der Waals surface area contributed by atoms with Crippen LogP contribution in [-0.2, 0) is 4.74 Å². The lowest BCUT2D eigenvalue weighted by Gasteiger charge is -2.25. The van der Waals surface area contributed by atoms with E-state index in [-0.39, 0.29) is 0 Å². The summed E-state index contributed by atoms with van der Waals surface area (Å²) in [6, 6.07) is 10.4. The van der Waals surface area contributed by atoms with E-state index in [1.807, 2.05) is 6.07 Å². The van der Waals surface area contributed by atoms with E-state index in [0.717, 1.165) is 25.1 Å². The van der Waals surface area contributed by atoms with Gasteiger partial charge < -0.3 is 4.74 Å². The van der Waals surface area contributed by atoms with Crippen LogP contribution in [0.4, 0.5) is 0 Å². The number of aromatic nitrogens is 1. The molecule has 2 unspecified atom stereocenters. The van der Waals surface area contributed by atoms with Gasteiger partial charge in [-0.25, -0.2) is 4.98 Å². The van der Waals surface area contributed by atoms with E-state index in [1.165, 1.54) is 10.6 Å². The topological polar surface area (TPSA) is 22.1 Å². The number of ether oxygens (including phenoxy) is 1. The molecule has 3 rings (SSSR count). The molecule has 0 amide bonds. The lowest BCUT2D eigenvalue weighted by molar-refractivity contribution is 0.0186. The first kappa shape index (κ1) is 11.9. The Kier molecular flexibility index (Phi) is 3.43. The maximum absolute atomic E-state index is 5.60. The molecule has 1 aromatic carbocycles. The first-order valence-electron chi connectivity index (χ1n) is 6.45. The van der Waals surface area contributed by atoms with Crippen molar-refractivity contribution in [3.63, 3.8) is 0 Å². The molecule has 2 nitrogen and oxygen atoms in total. The molecule has 94 valence electrons. The molecule has 1 saturated heterocycles. The molecular formula is C15H17NOS. The van der Waals surface area contributed by atoms with Crippen molar-refractivity contribution >= 4 is 11.3 Å². The van der Waals surface area contributed by atoms with Gasteiger partial charge in [-0.05, 0) is 19.8 Å². The fraction of sp³-hybridized carbons (Fsp3) is 0.400. The Hall–Kier alpha value is -1.19. The first-order chi connectivity index (χ1) is 8.83. The maximum Gasteiger partial charge on any atom is 0.0965 e. The third-order valence-corrected chi connectivity index (χ3v) is 4.43. The smallest absolute Gasteiger partial charge is 0.0965 e. The number of benzene rings is 1. The van der Waals surface area contributed by atoms with E-state index in [9.17, 15) is 0 Å². The van der Waals surface area contributed by atoms with Gasteiger partial charge in [-0.2, -0.15) is 0 Å². The van der Waals surface area contributed by atoms with Crippen LogP contribution in [0.15, 0.2) is 35.7 Å². The van der Waals surface area contributed by atoms with Crippen LogP contribution in [0.1, 0.15) is 30.7 Å². The second-order valence-corrected chi connectivity index (χ2v) is 5.73. The number of hydrogen-bond acceptors (Lipinski definition) is 3. The van der Waals surface area contributed by atoms with Crippen LogP contribution in [0.25, 0.3) is 11.3 Å². The molecule has 2 heterocycles. The van der Waals surface area contributed by atoms with Crippen molar-refractivity contribution in [1.29, 1.82) is 0 Å². The van der Waals surface area contributed by atoms with E-state index in [2.05, 4.69) is 36.6 Å². The monoisotopic (exact) mass is 259 g/mol. The Morgan fingerprint density at radius 2 is 2.11 bits per heavy atom. The maximum atomic E-state index is 5.60. The predicted molar refractivity (Wildman–Crippen MR) is 74.9 cm³/mol. The molecule has 18 heavy (non-hydrogen) atoms. The van der Waals surface area contributed by atoms with E-state index in [4.69, 9.17) is 9.72 Å². The SMILES string of the molecule is CC1CC(c2nc(-c3ccccc3)cs2)CCO1. The fourth-order valence-corrected chi connectivity index (χ4v) is 3.42. The van der Waals surface area contributed by atoms with Gasteiger partial charge in [0.1, 0.15) is 0 Å². The third-order valence-electron chi connectivity index (χ3n) is 3.43. The van der Waals surface area contributed by atoms with Gasteiger partial charge in [0, 0.05) is 23.5 Å². The molecule has 2 aromatic rings. The number of thiazole rings is 1. The lowest BCUT2D eigenvalue weighted by Crippen LogP contribution is -2.21. The molecule has 0 radical (unpaired) electrons. The molecule has 1 aliphatic rings. The zero-order valence-corrected chi connectivity index (χ0v) is 11.3. The van der Waals surface area contributed by atoms with Gasteiger partial charge in [0.15, 0.2) is 0 Å². The van der Waals surface area contributed by atoms with Crippen LogP contribution in [0, 0.1) is 0 Å². The van der Waals surface area contributed by atoms with Gasteiger partial charge in [-0.1, -0.05) is 30.3 Å². The average Bonchev–Trinajstić information content (AvgIpc) is 2.89. The summed E-state index contributed by atoms with van der Waals surface area (Å²) in [6.07, 6.45) is 2.57. The first-order valence-corrected chi connectivity index (χ1v) is 7.33. The summed E-state index contributed by atoms with van der Waals surface area (Å²) < 4.78 is 5.60. The summed E-state index contributed by atoms with van der Waals surface area (Å²) in [7, 11) is 0. The highest BCUT2D eigenvalue weighted by atomic mass is 32.1. The normalized spacial score (nSPS) is 24.1. The van der Waals surface area contributed by atoms with Crippen LogP contribution < -0.4 is 0 Å². The summed E-state index contributed by atoms with van der Waals surface area (Å²) in [5.41, 5.74) is 2.31. The van der Waals surface area contributed by atoms with Crippen molar-refractivity contribution in [2.45, 2.75) is 31.8 Å². The largest absolute Gasteiger partial charge is 0.378 e. The molecule has 1 aromatic heterocycles. The Labute approximate surface area is 112 Å². The molecule has 1 aliphatic heterocycles. The van der Waals surface area contributed by atoms with Crippen LogP contribution >= 0.6 is 11.3 Å². The van der Waals surface area contributed by atoms with Crippen LogP contribution in [0.5, 0.6) is 0 Å². The summed E-state index contributed by atoms with van der Waals surface area (Å²) in [5, 5.41) is 3.44. The van der Waals surface area contributed by atoms with Crippen molar-refractivity contribution in [1.82, 2.24) is 4.98 Å². The molecule has 3 heteroatoms. The minimum absolute atomic E-state index is 0.368.